The number of carbonyl (C=O) groups excluding carboxylic acids is 1. The molecule has 0 saturated heterocycles. The zero-order valence-corrected chi connectivity index (χ0v) is 11.7. The van der Waals surface area contributed by atoms with Crippen LogP contribution in [0.15, 0.2) is 23.1 Å². The molecule has 0 heterocycles. The number of halogens is 2. The molecule has 0 atom stereocenters. The molecule has 1 N–H and O–H groups in total. The van der Waals surface area contributed by atoms with E-state index in [1.807, 2.05) is 0 Å². The molecule has 1 amide bonds. The summed E-state index contributed by atoms with van der Waals surface area (Å²) in [6, 6.07) is 2.90. The van der Waals surface area contributed by atoms with Crippen molar-refractivity contribution in [2.45, 2.75) is 31.2 Å². The van der Waals surface area contributed by atoms with Crippen LogP contribution in [0.3, 0.4) is 0 Å². The van der Waals surface area contributed by atoms with Crippen molar-refractivity contribution < 1.29 is 17.6 Å². The van der Waals surface area contributed by atoms with Gasteiger partial charge < -0.3 is 5.32 Å². The monoisotopic (exact) mass is 293 g/mol. The molecule has 0 fully saturated rings. The summed E-state index contributed by atoms with van der Waals surface area (Å²) in [6.45, 7) is 5.25. The molecular formula is C11H13ClFNO3S. The zero-order chi connectivity index (χ0) is 14.1. The predicted molar refractivity (Wildman–Crippen MR) is 66.7 cm³/mol. The van der Waals surface area contributed by atoms with E-state index in [0.717, 1.165) is 18.2 Å². The molecule has 4 nitrogen and oxygen atoms in total. The van der Waals surface area contributed by atoms with Crippen molar-refractivity contribution in [3.63, 3.8) is 0 Å². The number of nitrogens with one attached hydrogen (secondary N) is 1. The van der Waals surface area contributed by atoms with E-state index >= 15 is 0 Å². The molecule has 7 heteroatoms. The highest BCUT2D eigenvalue weighted by molar-refractivity contribution is 8.13. The quantitative estimate of drug-likeness (QED) is 0.851. The van der Waals surface area contributed by atoms with E-state index in [1.54, 1.807) is 20.8 Å². The fourth-order valence-corrected chi connectivity index (χ4v) is 2.00. The van der Waals surface area contributed by atoms with E-state index < -0.39 is 26.3 Å². The summed E-state index contributed by atoms with van der Waals surface area (Å²) in [6.07, 6.45) is 0. The summed E-state index contributed by atoms with van der Waals surface area (Å²) < 4.78 is 35.6. The second-order valence-electron chi connectivity index (χ2n) is 4.78. The van der Waals surface area contributed by atoms with E-state index in [1.165, 1.54) is 0 Å². The summed E-state index contributed by atoms with van der Waals surface area (Å²) in [4.78, 5) is 11.3. The molecule has 0 aliphatic rings. The molecule has 1 aromatic carbocycles. The molecule has 0 bridgehead atoms. The van der Waals surface area contributed by atoms with Gasteiger partial charge in [0.05, 0.1) is 10.5 Å². The van der Waals surface area contributed by atoms with Crippen LogP contribution >= 0.6 is 10.7 Å². The lowest BCUT2D eigenvalue weighted by molar-refractivity contribution is 0.0915. The molecule has 100 valence electrons. The molecule has 1 aromatic rings. The first-order valence-corrected chi connectivity index (χ1v) is 7.38. The van der Waals surface area contributed by atoms with Crippen molar-refractivity contribution in [3.05, 3.63) is 29.6 Å². The third-order valence-corrected chi connectivity index (χ3v) is 3.31. The predicted octanol–water partition coefficient (Wildman–Crippen LogP) is 2.28. The molecule has 0 saturated carbocycles. The second-order valence-corrected chi connectivity index (χ2v) is 7.35. The number of rotatable bonds is 2. The smallest absolute Gasteiger partial charge is 0.261 e. The number of hydrogen-bond donors (Lipinski definition) is 1. The zero-order valence-electron chi connectivity index (χ0n) is 10.1. The Labute approximate surface area is 110 Å². The van der Waals surface area contributed by atoms with Crippen LogP contribution in [-0.2, 0) is 9.05 Å². The maximum atomic E-state index is 13.6. The Hall–Kier alpha value is -1.14. The Morgan fingerprint density at radius 3 is 2.28 bits per heavy atom. The van der Waals surface area contributed by atoms with Crippen LogP contribution in [0.2, 0.25) is 0 Å². The topological polar surface area (TPSA) is 63.2 Å². The molecule has 0 unspecified atom stereocenters. The molecule has 0 radical (unpaired) electrons. The summed E-state index contributed by atoms with van der Waals surface area (Å²) in [5.41, 5.74) is -0.741. The fraction of sp³-hybridized carbons (Fsp3) is 0.364. The second kappa shape index (κ2) is 4.85. The van der Waals surface area contributed by atoms with Gasteiger partial charge in [0.25, 0.3) is 15.0 Å². The van der Waals surface area contributed by atoms with Gasteiger partial charge in [-0.3, -0.25) is 4.79 Å². The minimum absolute atomic E-state index is 0.228. The van der Waals surface area contributed by atoms with E-state index in [0.29, 0.717) is 0 Å². The number of carbonyl (C=O) groups is 1. The lowest BCUT2D eigenvalue weighted by atomic mass is 10.1. The minimum Gasteiger partial charge on any atom is -0.347 e. The molecule has 0 aliphatic carbocycles. The highest BCUT2D eigenvalue weighted by Gasteiger charge is 2.20. The summed E-state index contributed by atoms with van der Waals surface area (Å²) in [7, 11) is 1.07. The number of amides is 1. The van der Waals surface area contributed by atoms with Crippen LogP contribution in [0.4, 0.5) is 4.39 Å². The maximum Gasteiger partial charge on any atom is 0.261 e. The summed E-state index contributed by atoms with van der Waals surface area (Å²) >= 11 is 0. The Kier molecular flexibility index (Phi) is 4.02. The van der Waals surface area contributed by atoms with Crippen LogP contribution in [0.25, 0.3) is 0 Å². The van der Waals surface area contributed by atoms with Crippen molar-refractivity contribution >= 4 is 25.6 Å². The minimum atomic E-state index is -4.00. The van der Waals surface area contributed by atoms with E-state index in [9.17, 15) is 17.6 Å². The SMILES string of the molecule is CC(C)(C)NC(=O)c1ccc(S(=O)(=O)Cl)cc1F. The standard InChI is InChI=1S/C11H13ClFNO3S/c1-11(2,3)14-10(15)8-5-4-7(6-9(8)13)18(12,16)17/h4-6H,1-3H3,(H,14,15). The van der Waals surface area contributed by atoms with Gasteiger partial charge in [-0.1, -0.05) is 0 Å². The van der Waals surface area contributed by atoms with E-state index in [4.69, 9.17) is 10.7 Å². The van der Waals surface area contributed by atoms with Crippen molar-refractivity contribution in [1.82, 2.24) is 5.32 Å². The Morgan fingerprint density at radius 2 is 1.89 bits per heavy atom. The lowest BCUT2D eigenvalue weighted by Gasteiger charge is -2.20. The van der Waals surface area contributed by atoms with Gasteiger partial charge >= 0.3 is 0 Å². The van der Waals surface area contributed by atoms with Crippen molar-refractivity contribution in [2.24, 2.45) is 0 Å². The van der Waals surface area contributed by atoms with Gasteiger partial charge in [-0.25, -0.2) is 12.8 Å². The van der Waals surface area contributed by atoms with Gasteiger partial charge in [0, 0.05) is 16.2 Å². The maximum absolute atomic E-state index is 13.6. The normalized spacial score (nSPS) is 12.3. The van der Waals surface area contributed by atoms with Gasteiger partial charge in [0.1, 0.15) is 5.82 Å². The van der Waals surface area contributed by atoms with E-state index in [2.05, 4.69) is 5.32 Å². The van der Waals surface area contributed by atoms with Crippen LogP contribution in [0, 0.1) is 5.82 Å². The number of hydrogen-bond acceptors (Lipinski definition) is 3. The third-order valence-electron chi connectivity index (χ3n) is 1.96. The molecule has 0 aromatic heterocycles. The van der Waals surface area contributed by atoms with Crippen molar-refractivity contribution in [3.8, 4) is 0 Å². The lowest BCUT2D eigenvalue weighted by Crippen LogP contribution is -2.40. The van der Waals surface area contributed by atoms with Crippen LogP contribution < -0.4 is 5.32 Å². The largest absolute Gasteiger partial charge is 0.347 e. The highest BCUT2D eigenvalue weighted by atomic mass is 35.7. The van der Waals surface area contributed by atoms with Crippen molar-refractivity contribution in [1.29, 1.82) is 0 Å². The molecule has 0 aliphatic heterocycles. The van der Waals surface area contributed by atoms with Crippen LogP contribution in [0.1, 0.15) is 31.1 Å². The fourth-order valence-electron chi connectivity index (χ4n) is 1.24. The van der Waals surface area contributed by atoms with Gasteiger partial charge in [-0.05, 0) is 39.0 Å². The van der Waals surface area contributed by atoms with Gasteiger partial charge in [-0.15, -0.1) is 0 Å². The van der Waals surface area contributed by atoms with Crippen LogP contribution in [0.5, 0.6) is 0 Å². The Balaban J connectivity index is 3.11. The van der Waals surface area contributed by atoms with Crippen LogP contribution in [-0.4, -0.2) is 19.9 Å². The molecule has 0 spiro atoms. The highest BCUT2D eigenvalue weighted by Crippen LogP contribution is 2.19. The first-order chi connectivity index (χ1) is 8.00. The molecule has 18 heavy (non-hydrogen) atoms. The average molecular weight is 294 g/mol. The van der Waals surface area contributed by atoms with Gasteiger partial charge in [0.2, 0.25) is 0 Å². The summed E-state index contributed by atoms with van der Waals surface area (Å²) in [5.74, 6) is -1.54. The van der Waals surface area contributed by atoms with Gasteiger partial charge in [0.15, 0.2) is 0 Å². The average Bonchev–Trinajstić information content (AvgIpc) is 2.12. The van der Waals surface area contributed by atoms with Gasteiger partial charge in [-0.2, -0.15) is 0 Å². The first-order valence-electron chi connectivity index (χ1n) is 5.07. The van der Waals surface area contributed by atoms with E-state index in [-0.39, 0.29) is 10.5 Å². The summed E-state index contributed by atoms with van der Waals surface area (Å²) in [5, 5.41) is 2.57. The first kappa shape index (κ1) is 14.9. The Morgan fingerprint density at radius 1 is 1.33 bits per heavy atom. The molecular weight excluding hydrogens is 281 g/mol. The third kappa shape index (κ3) is 3.96. The Bertz CT molecular complexity index is 578. The number of benzene rings is 1. The van der Waals surface area contributed by atoms with Crippen molar-refractivity contribution in [2.75, 3.05) is 0 Å². The molecule has 1 rings (SSSR count).